The monoisotopic (exact) mass is 288 g/mol. The van der Waals surface area contributed by atoms with Crippen LogP contribution in [-0.4, -0.2) is 35.3 Å². The molecular formula is C15H20N4O2. The van der Waals surface area contributed by atoms with Gasteiger partial charge >= 0.3 is 5.97 Å². The van der Waals surface area contributed by atoms with E-state index in [0.29, 0.717) is 23.7 Å². The molecule has 0 radical (unpaired) electrons. The number of rotatable bonds is 3. The number of fused-ring (bicyclic) bond motifs is 1. The minimum absolute atomic E-state index is 0.345. The highest BCUT2D eigenvalue weighted by molar-refractivity contribution is 6.03. The summed E-state index contributed by atoms with van der Waals surface area (Å²) in [7, 11) is 0. The topological polar surface area (TPSA) is 82.2 Å². The lowest BCUT2D eigenvalue weighted by Gasteiger charge is -2.22. The number of nitrogens with one attached hydrogen (secondary N) is 1. The highest BCUT2D eigenvalue weighted by Gasteiger charge is 2.20. The summed E-state index contributed by atoms with van der Waals surface area (Å²) in [5.41, 5.74) is 2.26. The molecule has 0 saturated carbocycles. The summed E-state index contributed by atoms with van der Waals surface area (Å²) in [5.74, 6) is 6.01. The fourth-order valence-electron chi connectivity index (χ4n) is 2.90. The van der Waals surface area contributed by atoms with Crippen LogP contribution >= 0.6 is 0 Å². The van der Waals surface area contributed by atoms with Crippen molar-refractivity contribution in [2.24, 2.45) is 0 Å². The maximum atomic E-state index is 12.0. The third-order valence-electron chi connectivity index (χ3n) is 4.00. The molecule has 2 aromatic heterocycles. The van der Waals surface area contributed by atoms with Crippen molar-refractivity contribution in [3.05, 3.63) is 29.6 Å². The van der Waals surface area contributed by atoms with Crippen LogP contribution in [0.2, 0.25) is 0 Å². The van der Waals surface area contributed by atoms with E-state index >= 15 is 0 Å². The molecule has 6 nitrogen and oxygen atoms in total. The van der Waals surface area contributed by atoms with Crippen molar-refractivity contribution < 1.29 is 9.53 Å². The second kappa shape index (κ2) is 5.73. The second-order valence-corrected chi connectivity index (χ2v) is 5.33. The van der Waals surface area contributed by atoms with Crippen molar-refractivity contribution in [1.82, 2.24) is 15.0 Å². The molecule has 0 aromatic carbocycles. The van der Waals surface area contributed by atoms with E-state index in [1.165, 1.54) is 10.2 Å². The smallest absolute Gasteiger partial charge is 0.340 e. The van der Waals surface area contributed by atoms with Crippen LogP contribution in [0, 0.1) is 0 Å². The van der Waals surface area contributed by atoms with Gasteiger partial charge in [-0.2, -0.15) is 0 Å². The fraction of sp³-hybridized carbons (Fsp3) is 0.467. The molecule has 0 unspecified atom stereocenters. The normalized spacial score (nSPS) is 16.2. The molecule has 0 aliphatic carbocycles. The summed E-state index contributed by atoms with van der Waals surface area (Å²) < 4.78 is 6.47. The molecule has 1 fully saturated rings. The van der Waals surface area contributed by atoms with E-state index in [4.69, 9.17) is 10.6 Å². The van der Waals surface area contributed by atoms with Crippen molar-refractivity contribution in [3.8, 4) is 0 Å². The third-order valence-corrected chi connectivity index (χ3v) is 4.00. The van der Waals surface area contributed by atoms with Gasteiger partial charge in [-0.15, -0.1) is 0 Å². The Kier molecular flexibility index (Phi) is 3.79. The highest BCUT2D eigenvalue weighted by atomic mass is 16.5. The molecule has 0 spiro atoms. The van der Waals surface area contributed by atoms with E-state index in [1.807, 2.05) is 12.3 Å². The molecule has 112 valence electrons. The highest BCUT2D eigenvalue weighted by Crippen LogP contribution is 2.28. The van der Waals surface area contributed by atoms with Crippen molar-refractivity contribution in [3.63, 3.8) is 0 Å². The van der Waals surface area contributed by atoms with E-state index in [0.717, 1.165) is 31.3 Å². The first-order valence-corrected chi connectivity index (χ1v) is 7.34. The van der Waals surface area contributed by atoms with Gasteiger partial charge < -0.3 is 15.9 Å². The molecule has 1 saturated heterocycles. The van der Waals surface area contributed by atoms with Gasteiger partial charge in [0.05, 0.1) is 12.2 Å². The van der Waals surface area contributed by atoms with Gasteiger partial charge in [0.15, 0.2) is 5.65 Å². The van der Waals surface area contributed by atoms with Crippen LogP contribution in [0.1, 0.15) is 41.6 Å². The first-order chi connectivity index (χ1) is 10.2. The molecule has 0 amide bonds. The molecule has 1 aliphatic heterocycles. The van der Waals surface area contributed by atoms with E-state index in [9.17, 15) is 4.79 Å². The Balaban J connectivity index is 2.02. The summed E-state index contributed by atoms with van der Waals surface area (Å²) in [6, 6.07) is 2.04. The molecule has 1 aliphatic rings. The largest absolute Gasteiger partial charge is 0.462 e. The van der Waals surface area contributed by atoms with Crippen LogP contribution in [0.4, 0.5) is 0 Å². The van der Waals surface area contributed by atoms with Gasteiger partial charge in [-0.25, -0.2) is 9.78 Å². The predicted molar refractivity (Wildman–Crippen MR) is 80.7 cm³/mol. The summed E-state index contributed by atoms with van der Waals surface area (Å²) >= 11 is 0. The fourth-order valence-corrected chi connectivity index (χ4v) is 2.90. The Morgan fingerprint density at radius 1 is 1.52 bits per heavy atom. The number of carbonyl (C=O) groups excluding carboxylic acids is 1. The average Bonchev–Trinajstić information content (AvgIpc) is 2.85. The van der Waals surface area contributed by atoms with Crippen LogP contribution in [0.25, 0.3) is 11.0 Å². The lowest BCUT2D eigenvalue weighted by molar-refractivity contribution is 0.0528. The van der Waals surface area contributed by atoms with E-state index in [-0.39, 0.29) is 5.97 Å². The number of esters is 1. The maximum Gasteiger partial charge on any atom is 0.340 e. The Morgan fingerprint density at radius 3 is 3.00 bits per heavy atom. The second-order valence-electron chi connectivity index (χ2n) is 5.33. The van der Waals surface area contributed by atoms with Gasteiger partial charge in [-0.1, -0.05) is 0 Å². The number of aromatic nitrogens is 2. The van der Waals surface area contributed by atoms with Gasteiger partial charge in [0.25, 0.3) is 0 Å². The Hall–Kier alpha value is -2.08. The minimum Gasteiger partial charge on any atom is -0.462 e. The Bertz CT molecular complexity index is 659. The van der Waals surface area contributed by atoms with Crippen molar-refractivity contribution in [1.29, 1.82) is 0 Å². The zero-order valence-electron chi connectivity index (χ0n) is 12.1. The number of hydrogen-bond acceptors (Lipinski definition) is 5. The number of hydrogen-bond donors (Lipinski definition) is 2. The molecule has 3 heterocycles. The number of carbonyl (C=O) groups is 1. The lowest BCUT2D eigenvalue weighted by Crippen LogP contribution is -2.26. The van der Waals surface area contributed by atoms with Crippen molar-refractivity contribution in [2.75, 3.05) is 25.5 Å². The number of nitrogens with zero attached hydrogens (tertiary/aromatic N) is 2. The van der Waals surface area contributed by atoms with Gasteiger partial charge in [0, 0.05) is 17.8 Å². The minimum atomic E-state index is -0.351. The van der Waals surface area contributed by atoms with Crippen LogP contribution < -0.4 is 11.2 Å². The maximum absolute atomic E-state index is 12.0. The molecule has 3 rings (SSSR count). The zero-order valence-corrected chi connectivity index (χ0v) is 12.1. The molecule has 2 aromatic rings. The van der Waals surface area contributed by atoms with Crippen LogP contribution in [0.5, 0.6) is 0 Å². The summed E-state index contributed by atoms with van der Waals surface area (Å²) in [4.78, 5) is 16.5. The van der Waals surface area contributed by atoms with Gasteiger partial charge in [0.1, 0.15) is 0 Å². The van der Waals surface area contributed by atoms with Crippen LogP contribution in [-0.2, 0) is 4.74 Å². The summed E-state index contributed by atoms with van der Waals surface area (Å²) in [6.45, 7) is 4.17. The molecule has 21 heavy (non-hydrogen) atoms. The van der Waals surface area contributed by atoms with Crippen molar-refractivity contribution in [2.45, 2.75) is 25.7 Å². The molecule has 6 heteroatoms. The van der Waals surface area contributed by atoms with Gasteiger partial charge in [-0.3, -0.25) is 4.68 Å². The number of nitrogens with two attached hydrogens (primary N) is 1. The first kappa shape index (κ1) is 13.9. The predicted octanol–water partition coefficient (Wildman–Crippen LogP) is 1.39. The number of pyridine rings is 1. The number of nitrogen functional groups attached to an aromatic ring is 1. The first-order valence-electron chi connectivity index (χ1n) is 7.34. The number of piperidine rings is 1. The van der Waals surface area contributed by atoms with Gasteiger partial charge in [0.2, 0.25) is 0 Å². The van der Waals surface area contributed by atoms with Gasteiger partial charge in [-0.05, 0) is 50.4 Å². The summed E-state index contributed by atoms with van der Waals surface area (Å²) in [5, 5.41) is 4.12. The molecule has 0 atom stereocenters. The number of ether oxygens (including phenoxy) is 1. The molecular weight excluding hydrogens is 268 g/mol. The van der Waals surface area contributed by atoms with E-state index in [2.05, 4.69) is 10.3 Å². The Morgan fingerprint density at radius 2 is 2.29 bits per heavy atom. The van der Waals surface area contributed by atoms with Crippen LogP contribution in [0.3, 0.4) is 0 Å². The third kappa shape index (κ3) is 2.58. The van der Waals surface area contributed by atoms with Crippen LogP contribution in [0.15, 0.2) is 18.5 Å². The SMILES string of the molecule is CCOC(=O)c1cn(N)c2ncc(C3CCNCC3)cc12. The quantitative estimate of drug-likeness (QED) is 0.659. The Labute approximate surface area is 123 Å². The van der Waals surface area contributed by atoms with E-state index in [1.54, 1.807) is 13.1 Å². The summed E-state index contributed by atoms with van der Waals surface area (Å²) in [6.07, 6.45) is 5.63. The molecule has 0 bridgehead atoms. The molecule has 3 N–H and O–H groups in total. The zero-order chi connectivity index (χ0) is 14.8. The van der Waals surface area contributed by atoms with Crippen molar-refractivity contribution >= 4 is 17.0 Å². The standard InChI is InChI=1S/C15H20N4O2/c1-2-21-15(20)13-9-19(16)14-12(13)7-11(8-18-14)10-3-5-17-6-4-10/h7-10,17H,2-6,16H2,1H3. The van der Waals surface area contributed by atoms with E-state index < -0.39 is 0 Å². The average molecular weight is 288 g/mol. The lowest BCUT2D eigenvalue weighted by atomic mass is 9.91.